The van der Waals surface area contributed by atoms with Crippen LogP contribution < -0.4 is 34.3 Å². The van der Waals surface area contributed by atoms with Crippen molar-refractivity contribution in [3.05, 3.63) is 220 Å². The molecule has 0 bridgehead atoms. The van der Waals surface area contributed by atoms with Crippen molar-refractivity contribution in [1.82, 2.24) is 34.8 Å². The third-order valence-electron chi connectivity index (χ3n) is 16.5. The van der Waals surface area contributed by atoms with Crippen LogP contribution in [0.25, 0.3) is 0 Å². The summed E-state index contributed by atoms with van der Waals surface area (Å²) in [5.41, 5.74) is 29.1. The number of para-hydroxylation sites is 4. The second kappa shape index (κ2) is 22.0. The first-order chi connectivity index (χ1) is 38.9. The quantitative estimate of drug-likeness (QED) is 0.157. The van der Waals surface area contributed by atoms with Crippen LogP contribution in [0.5, 0.6) is 0 Å². The van der Waals surface area contributed by atoms with Crippen LogP contribution in [0.3, 0.4) is 0 Å². The number of anilines is 10. The summed E-state index contributed by atoms with van der Waals surface area (Å²) in [7, 11) is 4.31. The average Bonchev–Trinajstić information content (AvgIpc) is 4.51. The van der Waals surface area contributed by atoms with Gasteiger partial charge in [0, 0.05) is 124 Å². The van der Waals surface area contributed by atoms with Crippen LogP contribution in [0.4, 0.5) is 56.9 Å². The van der Waals surface area contributed by atoms with Crippen molar-refractivity contribution >= 4 is 56.9 Å². The van der Waals surface area contributed by atoms with E-state index in [1.54, 1.807) is 0 Å². The number of aryl methyl sites for hydroxylation is 12. The number of rotatable bonds is 3. The number of pyridine rings is 6. The average molecular weight is 1270 g/mol. The van der Waals surface area contributed by atoms with Crippen LogP contribution in [0.15, 0.2) is 122 Å². The molecule has 15 rings (SSSR count). The SMILES string of the molecule is Cc1c[c-]c(N2[CH-]N(c3ccc(C)nc3C)c3ccccc32)c(C)n1.Cc1cc2c(c(C)n1)N1C=CN(C)C1C2.Cc1cc2c(c(C)n1)N1c3ccccc3N(C)C1C2.Cc1ccc(N2C=CN3c4c(cc(C)nc4C)CC23)c(C)n1.[Ir]. The number of fused-ring (bicyclic) bond motifs is 12. The summed E-state index contributed by atoms with van der Waals surface area (Å²) in [6, 6.07) is 37.4. The molecule has 6 aromatic heterocycles. The van der Waals surface area contributed by atoms with Gasteiger partial charge >= 0.3 is 0 Å². The van der Waals surface area contributed by atoms with Gasteiger partial charge in [0.05, 0.1) is 62.6 Å². The topological polar surface area (TPSA) is 103 Å². The Kier molecular flexibility index (Phi) is 14.9. The molecule has 0 aliphatic carbocycles. The Bertz CT molecular complexity index is 3780. The van der Waals surface area contributed by atoms with Crippen LogP contribution in [0.1, 0.15) is 85.0 Å². The van der Waals surface area contributed by atoms with Gasteiger partial charge in [0.1, 0.15) is 18.5 Å². The first kappa shape index (κ1) is 55.8. The summed E-state index contributed by atoms with van der Waals surface area (Å²) < 4.78 is 0. The van der Waals surface area contributed by atoms with Crippen molar-refractivity contribution in [3.8, 4) is 0 Å². The van der Waals surface area contributed by atoms with Crippen molar-refractivity contribution < 1.29 is 20.1 Å². The molecule has 0 saturated heterocycles. The molecule has 14 nitrogen and oxygen atoms in total. The van der Waals surface area contributed by atoms with Gasteiger partial charge in [-0.1, -0.05) is 55.2 Å². The molecule has 421 valence electrons. The number of hydrogen-bond acceptors (Lipinski definition) is 14. The van der Waals surface area contributed by atoms with E-state index < -0.39 is 0 Å². The number of benzene rings is 2. The van der Waals surface area contributed by atoms with E-state index in [2.05, 4.69) is 254 Å². The molecule has 0 N–H and O–H groups in total. The summed E-state index contributed by atoms with van der Waals surface area (Å²) in [4.78, 5) is 46.1. The molecule has 13 heterocycles. The predicted octanol–water partition coefficient (Wildman–Crippen LogP) is 13.3. The molecule has 82 heavy (non-hydrogen) atoms. The van der Waals surface area contributed by atoms with Gasteiger partial charge in [-0.15, -0.1) is 6.67 Å². The van der Waals surface area contributed by atoms with Gasteiger partial charge < -0.3 is 44.2 Å². The molecule has 3 unspecified atom stereocenters. The van der Waals surface area contributed by atoms with Crippen LogP contribution in [-0.2, 0) is 39.4 Å². The first-order valence-corrected chi connectivity index (χ1v) is 28.1. The standard InChI is InChI=1S/C21H20N4.C18H20N4.C16H17N3.C12H15N3.Ir/c1-14-9-11-18(16(3)22-14)24-13-25(21-8-6-5-7-20(21)24)19-12-10-15(2)23-17(19)4;1-11-5-6-16(13(3)19-11)21-7-8-22-17(21)10-15-9-12(2)20-14(4)18(15)22;1-10-8-12-9-15-18(3)13-6-4-5-7-14(13)19(15)16(12)11(2)17-10;1-8-6-10-7-11-14(3)4-5-15(11)12(10)9(2)13-8;/h5-11,13H,1-4H3;5-9,17H,10H2,1-4H3;4-8,15H,9H2,1-3H3;4-6,11H,7H2,1-3H3;/q-2;;;;. The van der Waals surface area contributed by atoms with E-state index in [0.717, 1.165) is 110 Å². The third-order valence-corrected chi connectivity index (χ3v) is 16.5. The second-order valence-electron chi connectivity index (χ2n) is 22.5. The van der Waals surface area contributed by atoms with E-state index in [-0.39, 0.29) is 20.1 Å². The minimum Gasteiger partial charge on any atom is -0.492 e. The molecule has 7 aliphatic rings. The van der Waals surface area contributed by atoms with Gasteiger partial charge in [-0.05, 0) is 153 Å². The fourth-order valence-electron chi connectivity index (χ4n) is 13.2. The second-order valence-corrected chi connectivity index (χ2v) is 22.5. The van der Waals surface area contributed by atoms with Crippen LogP contribution in [0.2, 0.25) is 0 Å². The number of aromatic nitrogens is 6. The van der Waals surface area contributed by atoms with E-state index in [1.165, 1.54) is 50.8 Å². The Hall–Kier alpha value is -8.13. The summed E-state index contributed by atoms with van der Waals surface area (Å²) >= 11 is 0. The molecule has 7 aliphatic heterocycles. The fourth-order valence-corrected chi connectivity index (χ4v) is 13.2. The summed E-state index contributed by atoms with van der Waals surface area (Å²) in [5.74, 6) is 0. The molecule has 0 amide bonds. The normalized spacial score (nSPS) is 17.7. The molecule has 2 aromatic carbocycles. The Morgan fingerprint density at radius 3 is 1.44 bits per heavy atom. The molecule has 0 spiro atoms. The Morgan fingerprint density at radius 2 is 0.854 bits per heavy atom. The Labute approximate surface area is 497 Å². The fraction of sp³-hybridized carbons (Fsp3) is 0.299. The molecule has 1 radical (unpaired) electrons. The zero-order chi connectivity index (χ0) is 56.7. The Balaban J connectivity index is 0.000000116. The molecular formula is C67H72IrN14-2. The minimum atomic E-state index is 0. The summed E-state index contributed by atoms with van der Waals surface area (Å²) in [6.07, 6.45) is 13.0. The van der Waals surface area contributed by atoms with E-state index in [0.29, 0.717) is 18.5 Å². The zero-order valence-electron chi connectivity index (χ0n) is 49.6. The van der Waals surface area contributed by atoms with E-state index in [1.807, 2.05) is 46.8 Å². The zero-order valence-corrected chi connectivity index (χ0v) is 52.0. The van der Waals surface area contributed by atoms with Gasteiger partial charge in [-0.25, -0.2) is 0 Å². The molecule has 0 fully saturated rings. The van der Waals surface area contributed by atoms with Gasteiger partial charge in [0.15, 0.2) is 0 Å². The maximum absolute atomic E-state index is 4.64. The Morgan fingerprint density at radius 1 is 0.402 bits per heavy atom. The van der Waals surface area contributed by atoms with Crippen LogP contribution in [0, 0.1) is 95.8 Å². The van der Waals surface area contributed by atoms with E-state index in [9.17, 15) is 0 Å². The van der Waals surface area contributed by atoms with Gasteiger partial charge in [-0.3, -0.25) is 24.9 Å². The van der Waals surface area contributed by atoms with Gasteiger partial charge in [0.2, 0.25) is 0 Å². The van der Waals surface area contributed by atoms with Crippen molar-refractivity contribution in [3.63, 3.8) is 0 Å². The van der Waals surface area contributed by atoms with Crippen LogP contribution >= 0.6 is 0 Å². The number of nitrogens with zero attached hydrogens (tertiary/aromatic N) is 14. The van der Waals surface area contributed by atoms with Crippen LogP contribution in [-0.4, -0.2) is 67.4 Å². The monoisotopic (exact) mass is 1270 g/mol. The molecule has 3 atom stereocenters. The predicted molar refractivity (Wildman–Crippen MR) is 329 cm³/mol. The minimum absolute atomic E-state index is 0. The molecular weight excluding hydrogens is 1190 g/mol. The number of hydrogen-bond donors (Lipinski definition) is 0. The van der Waals surface area contributed by atoms with E-state index in [4.69, 9.17) is 0 Å². The first-order valence-electron chi connectivity index (χ1n) is 28.1. The maximum Gasteiger partial charge on any atom is 0.114 e. The summed E-state index contributed by atoms with van der Waals surface area (Å²) in [6.45, 7) is 26.8. The third kappa shape index (κ3) is 9.91. The smallest absolute Gasteiger partial charge is 0.114 e. The van der Waals surface area contributed by atoms with Gasteiger partial charge in [-0.2, -0.15) is 12.1 Å². The van der Waals surface area contributed by atoms with Crippen molar-refractivity contribution in [2.45, 2.75) is 121 Å². The molecule has 0 saturated carbocycles. The van der Waals surface area contributed by atoms with Gasteiger partial charge in [0.25, 0.3) is 0 Å². The van der Waals surface area contributed by atoms with E-state index >= 15 is 0 Å². The van der Waals surface area contributed by atoms with Crippen molar-refractivity contribution in [2.24, 2.45) is 0 Å². The van der Waals surface area contributed by atoms with Crippen molar-refractivity contribution in [2.75, 3.05) is 48.4 Å². The largest absolute Gasteiger partial charge is 0.492 e. The molecule has 15 heteroatoms. The maximum atomic E-state index is 4.64. The summed E-state index contributed by atoms with van der Waals surface area (Å²) in [5, 5.41) is 0. The van der Waals surface area contributed by atoms with Crippen molar-refractivity contribution in [1.29, 1.82) is 0 Å². The number of likely N-dealkylation sites (N-methyl/N-ethyl adjacent to an activating group) is 2. The molecule has 8 aromatic rings.